The minimum atomic E-state index is -6.00. The van der Waals surface area contributed by atoms with Gasteiger partial charge in [-0.2, -0.15) is 17.6 Å². The van der Waals surface area contributed by atoms with Gasteiger partial charge in [-0.3, -0.25) is 0 Å². The average molecular weight is 1100 g/mol. The molecule has 76 heavy (non-hydrogen) atoms. The smallest absolute Gasteiger partial charge is 0.418 e. The normalized spacial score (nSPS) is 12.1. The molecule has 0 atom stereocenters. The summed E-state index contributed by atoms with van der Waals surface area (Å²) in [6, 6.07) is 13.9. The van der Waals surface area contributed by atoms with Gasteiger partial charge in [-0.25, -0.2) is 28.2 Å². The molecular weight excluding hydrogens is 1060 g/mol. The van der Waals surface area contributed by atoms with Gasteiger partial charge in [0.1, 0.15) is 28.2 Å². The number of hydrogen-bond donors (Lipinski definition) is 2. The molecule has 8 nitrogen and oxygen atoms in total. The first-order chi connectivity index (χ1) is 35.0. The summed E-state index contributed by atoms with van der Waals surface area (Å²) in [4.78, 5) is 17.0. The van der Waals surface area contributed by atoms with Crippen molar-refractivity contribution in [3.63, 3.8) is 0 Å². The van der Waals surface area contributed by atoms with Gasteiger partial charge in [0.25, 0.3) is 0 Å². The number of aromatic amines is 2. The summed E-state index contributed by atoms with van der Waals surface area (Å²) in [6.45, 7) is 0. The Hall–Kier alpha value is -7.94. The summed E-state index contributed by atoms with van der Waals surface area (Å²) in [5.41, 5.74) is 6.54. The Kier molecular flexibility index (Phi) is 18.1. The highest BCUT2D eigenvalue weighted by molar-refractivity contribution is 6.51. The summed E-state index contributed by atoms with van der Waals surface area (Å²) in [5.74, 6) is -1.95. The predicted molar refractivity (Wildman–Crippen MR) is 246 cm³/mol. The molecule has 0 saturated heterocycles. The van der Waals surface area contributed by atoms with Crippen LogP contribution in [0.4, 0.5) is 86.6 Å². The maximum Gasteiger partial charge on any atom is 0.673 e. The zero-order valence-corrected chi connectivity index (χ0v) is 39.1. The third-order valence-corrected chi connectivity index (χ3v) is 10.0. The number of hydrogen-bond acceptors (Lipinski definition) is 2. The van der Waals surface area contributed by atoms with Gasteiger partial charge in [-0.05, 0) is 48.6 Å². The minimum absolute atomic E-state index is 0.273. The summed E-state index contributed by atoms with van der Waals surface area (Å²) in [5, 5.41) is 0. The number of rotatable bonds is 4. The lowest BCUT2D eigenvalue weighted by Gasteiger charge is -2.07. The molecule has 0 aliphatic carbocycles. The van der Waals surface area contributed by atoms with E-state index in [4.69, 9.17) is 9.97 Å². The molecule has 7 aromatic heterocycles. The van der Waals surface area contributed by atoms with Crippen molar-refractivity contribution in [1.29, 1.82) is 0 Å². The van der Waals surface area contributed by atoms with Gasteiger partial charge in [-0.1, -0.05) is 0 Å². The van der Waals surface area contributed by atoms with Crippen molar-refractivity contribution in [3.05, 3.63) is 144 Å². The summed E-state index contributed by atoms with van der Waals surface area (Å²) in [7, 11) is -17.1. The van der Waals surface area contributed by atoms with Crippen molar-refractivity contribution in [2.24, 2.45) is 28.2 Å². The monoisotopic (exact) mass is 1100 g/mol. The highest BCUT2D eigenvalue weighted by atomic mass is 19.5. The molecular formula is C44H34B4F20N8. The Balaban J connectivity index is 0.000000457. The number of pyridine rings is 4. The maximum atomic E-state index is 16.0. The van der Waals surface area contributed by atoms with Gasteiger partial charge in [0.15, 0.2) is 48.1 Å². The second kappa shape index (κ2) is 23.3. The van der Waals surface area contributed by atoms with Crippen molar-refractivity contribution in [2.75, 3.05) is 0 Å². The van der Waals surface area contributed by atoms with Gasteiger partial charge in [-0.15, -0.1) is 0 Å². The largest absolute Gasteiger partial charge is 0.673 e. The van der Waals surface area contributed by atoms with Gasteiger partial charge in [0, 0.05) is 90.8 Å². The van der Waals surface area contributed by atoms with Crippen LogP contribution in [-0.2, 0) is 28.2 Å². The van der Waals surface area contributed by atoms with Crippen molar-refractivity contribution in [3.8, 4) is 44.5 Å². The van der Waals surface area contributed by atoms with Crippen molar-refractivity contribution in [2.45, 2.75) is 0 Å². The molecule has 9 rings (SSSR count). The highest BCUT2D eigenvalue weighted by Crippen LogP contribution is 2.39. The Morgan fingerprint density at radius 3 is 0.645 bits per heavy atom. The molecule has 0 amide bonds. The van der Waals surface area contributed by atoms with E-state index in [-0.39, 0.29) is 22.3 Å². The van der Waals surface area contributed by atoms with Crippen LogP contribution in [0.3, 0.4) is 0 Å². The first-order valence-electron chi connectivity index (χ1n) is 21.3. The Morgan fingerprint density at radius 1 is 0.316 bits per heavy atom. The van der Waals surface area contributed by atoms with Crippen LogP contribution in [0.5, 0.6) is 0 Å². The molecule has 0 aromatic carbocycles. The number of nitrogens with zero attached hydrogens (tertiary/aromatic N) is 6. The fourth-order valence-electron chi connectivity index (χ4n) is 7.40. The molecule has 2 aliphatic rings. The quantitative estimate of drug-likeness (QED) is 0.105. The Labute approximate surface area is 416 Å². The first-order valence-corrected chi connectivity index (χ1v) is 21.3. The average Bonchev–Trinajstić information content (AvgIpc) is 4.09. The number of aryl methyl sites for hydroxylation is 4. The molecule has 0 unspecified atom stereocenters. The second-order valence-electron chi connectivity index (χ2n) is 16.0. The lowest BCUT2D eigenvalue weighted by Crippen LogP contribution is -2.27. The number of H-pyrrole nitrogens is 2. The summed E-state index contributed by atoms with van der Waals surface area (Å²) < 4.78 is 226. The topological polar surface area (TPSA) is 72.9 Å². The van der Waals surface area contributed by atoms with E-state index in [1.807, 2.05) is 0 Å². The van der Waals surface area contributed by atoms with Crippen LogP contribution in [0.15, 0.2) is 98.1 Å². The Bertz CT molecular complexity index is 3030. The van der Waals surface area contributed by atoms with E-state index < -0.39 is 52.3 Å². The van der Waals surface area contributed by atoms with Crippen LogP contribution in [0.2, 0.25) is 0 Å². The maximum absolute atomic E-state index is 16.0. The first kappa shape index (κ1) is 58.9. The van der Waals surface area contributed by atoms with E-state index in [1.165, 1.54) is 24.8 Å². The van der Waals surface area contributed by atoms with Crippen LogP contribution in [0.1, 0.15) is 22.8 Å². The molecule has 402 valence electrons. The van der Waals surface area contributed by atoms with Crippen molar-refractivity contribution in [1.82, 2.24) is 19.9 Å². The van der Waals surface area contributed by atoms with E-state index >= 15 is 17.6 Å². The zero-order valence-electron chi connectivity index (χ0n) is 39.1. The molecule has 0 spiro atoms. The summed E-state index contributed by atoms with van der Waals surface area (Å²) in [6.07, 6.45) is 19.5. The lowest BCUT2D eigenvalue weighted by atomic mass is 10.0. The highest BCUT2D eigenvalue weighted by Gasteiger charge is 2.26. The summed E-state index contributed by atoms with van der Waals surface area (Å²) >= 11 is 0. The minimum Gasteiger partial charge on any atom is -0.418 e. The van der Waals surface area contributed by atoms with Gasteiger partial charge < -0.3 is 79.0 Å². The lowest BCUT2D eigenvalue weighted by molar-refractivity contribution is -0.673. The Morgan fingerprint density at radius 2 is 0.487 bits per heavy atom. The van der Waals surface area contributed by atoms with Gasteiger partial charge >= 0.3 is 29.0 Å². The van der Waals surface area contributed by atoms with Gasteiger partial charge in [0.05, 0.1) is 22.8 Å². The predicted octanol–water partition coefficient (Wildman–Crippen LogP) is 12.4. The second-order valence-corrected chi connectivity index (χ2v) is 16.0. The molecule has 0 radical (unpaired) electrons. The molecule has 9 heterocycles. The third kappa shape index (κ3) is 17.1. The fourth-order valence-corrected chi connectivity index (χ4v) is 7.40. The third-order valence-electron chi connectivity index (χ3n) is 10.0. The number of fused-ring (bicyclic) bond motifs is 8. The molecule has 8 bridgehead atoms. The number of aromatic nitrogens is 8. The number of nitrogens with one attached hydrogen (secondary N) is 2. The SMILES string of the molecule is C[n+]1ccc(-c2c3nc(c(-c4cc[n+](C)cc4F)c4ccc([nH]4)c(-c4cc[n+](C)cc4F)c4nc(c(-c5cc[n+](C)cc5F)c5ccc2[nH]5)C=C4)C=C3)c(F)c1.F[B-](F)(F)F.F[B-](F)(F)F.F[B-](F)(F)F.F[B-](F)(F)F. The molecule has 2 N–H and O–H groups in total. The standard InChI is InChI=1S/C44H33F4N8.4BF4/c1-53-17-13-25(29(45)21-53)41-33-5-7-35(49-33)42(26-14-18-54(2)22-30(26)46)37-9-11-39(51-37)44(28-16-20-56(4)24-32(28)48)40-12-10-38(52-40)43(36-8-6-34(41)50-36)27-15-19-55(3)23-31(27)47;4*2-1(3,4)5/h5-24H,1-4H3,(H,49,50,51,52);;;;/q+3;4*-1/p+1. The fraction of sp³-hybridized carbons (Fsp3) is 0.0909. The van der Waals surface area contributed by atoms with E-state index in [0.717, 1.165) is 0 Å². The van der Waals surface area contributed by atoms with Crippen molar-refractivity contribution < 1.29 is 105 Å². The van der Waals surface area contributed by atoms with Crippen LogP contribution in [0.25, 0.3) is 90.9 Å². The molecule has 0 saturated carbocycles. The van der Waals surface area contributed by atoms with Crippen LogP contribution >= 0.6 is 0 Å². The zero-order chi connectivity index (χ0) is 56.8. The van der Waals surface area contributed by atoms with Crippen LogP contribution in [0, 0.1) is 23.3 Å². The van der Waals surface area contributed by atoms with E-state index in [2.05, 4.69) is 9.97 Å². The van der Waals surface area contributed by atoms with E-state index in [0.29, 0.717) is 67.1 Å². The van der Waals surface area contributed by atoms with Gasteiger partial charge in [0.2, 0.25) is 24.8 Å². The number of halogens is 20. The van der Waals surface area contributed by atoms with Crippen LogP contribution < -0.4 is 18.3 Å². The molecule has 32 heteroatoms. The van der Waals surface area contributed by atoms with E-state index in [1.54, 1.807) is 144 Å². The van der Waals surface area contributed by atoms with Crippen molar-refractivity contribution >= 4 is 75.4 Å². The van der Waals surface area contributed by atoms with E-state index in [9.17, 15) is 69.1 Å². The molecule has 7 aromatic rings. The molecule has 0 fully saturated rings. The van der Waals surface area contributed by atoms with Crippen LogP contribution in [-0.4, -0.2) is 49.0 Å². The molecule has 2 aliphatic heterocycles.